The molecule has 5 nitrogen and oxygen atoms in total. The van der Waals surface area contributed by atoms with E-state index in [1.165, 1.54) is 22.5 Å². The van der Waals surface area contributed by atoms with Crippen molar-refractivity contribution in [3.63, 3.8) is 0 Å². The minimum atomic E-state index is -3.72. The molecule has 2 rings (SSSR count). The van der Waals surface area contributed by atoms with Crippen molar-refractivity contribution in [2.45, 2.75) is 24.3 Å². The summed E-state index contributed by atoms with van der Waals surface area (Å²) in [5.74, 6) is -0.440. The zero-order chi connectivity index (χ0) is 14.8. The van der Waals surface area contributed by atoms with Crippen LogP contribution in [0.15, 0.2) is 23.1 Å². The van der Waals surface area contributed by atoms with Gasteiger partial charge in [-0.05, 0) is 30.9 Å². The quantitative estimate of drug-likeness (QED) is 0.837. The van der Waals surface area contributed by atoms with Crippen molar-refractivity contribution in [2.24, 2.45) is 11.7 Å². The van der Waals surface area contributed by atoms with Gasteiger partial charge in [0.05, 0.1) is 4.90 Å². The summed E-state index contributed by atoms with van der Waals surface area (Å²) in [6, 6.07) is 3.97. The molecule has 1 aromatic carbocycles. The molecule has 112 valence electrons. The molecule has 1 saturated heterocycles. The van der Waals surface area contributed by atoms with Gasteiger partial charge in [-0.2, -0.15) is 4.31 Å². The predicted octanol–water partition coefficient (Wildman–Crippen LogP) is 0.677. The first kappa shape index (κ1) is 15.4. The van der Waals surface area contributed by atoms with Crippen molar-refractivity contribution < 1.29 is 17.9 Å². The first-order chi connectivity index (χ1) is 9.50. The van der Waals surface area contributed by atoms with Gasteiger partial charge >= 0.3 is 0 Å². The second-order valence-corrected chi connectivity index (χ2v) is 6.86. The van der Waals surface area contributed by atoms with Crippen molar-refractivity contribution in [3.05, 3.63) is 29.6 Å². The maximum atomic E-state index is 13.7. The summed E-state index contributed by atoms with van der Waals surface area (Å²) in [5, 5.41) is 8.92. The maximum Gasteiger partial charge on any atom is 0.243 e. The van der Waals surface area contributed by atoms with E-state index >= 15 is 0 Å². The second kappa shape index (κ2) is 6.17. The summed E-state index contributed by atoms with van der Waals surface area (Å²) in [6.07, 6.45) is 1.30. The van der Waals surface area contributed by atoms with Gasteiger partial charge in [0, 0.05) is 31.8 Å². The molecule has 7 heteroatoms. The largest absolute Gasteiger partial charge is 0.396 e. The summed E-state index contributed by atoms with van der Waals surface area (Å²) in [7, 11) is -3.72. The monoisotopic (exact) mass is 302 g/mol. The number of hydrogen-bond donors (Lipinski definition) is 2. The molecule has 1 aromatic rings. The van der Waals surface area contributed by atoms with Gasteiger partial charge in [-0.25, -0.2) is 12.8 Å². The van der Waals surface area contributed by atoms with Crippen molar-refractivity contribution in [3.8, 4) is 0 Å². The molecule has 1 heterocycles. The summed E-state index contributed by atoms with van der Waals surface area (Å²) in [6.45, 7) is 0.651. The fourth-order valence-corrected chi connectivity index (χ4v) is 4.33. The Labute approximate surface area is 118 Å². The number of hydrogen-bond acceptors (Lipinski definition) is 4. The van der Waals surface area contributed by atoms with Crippen LogP contribution in [0.4, 0.5) is 4.39 Å². The van der Waals surface area contributed by atoms with Gasteiger partial charge in [-0.3, -0.25) is 0 Å². The minimum absolute atomic E-state index is 0.0260. The van der Waals surface area contributed by atoms with Crippen LogP contribution in [0.3, 0.4) is 0 Å². The molecular weight excluding hydrogens is 283 g/mol. The first-order valence-electron chi connectivity index (χ1n) is 6.59. The van der Waals surface area contributed by atoms with E-state index < -0.39 is 15.8 Å². The molecule has 1 atom stereocenters. The third-order valence-corrected chi connectivity index (χ3v) is 5.63. The zero-order valence-electron chi connectivity index (χ0n) is 11.1. The summed E-state index contributed by atoms with van der Waals surface area (Å²) >= 11 is 0. The molecule has 1 aliphatic rings. The molecule has 1 unspecified atom stereocenters. The standard InChI is InChI=1S/C13H19FN2O3S/c14-12-2-1-3-13(11(12)8-15)20(18,19)16-6-4-10(9-16)5-7-17/h1-3,10,17H,4-9,15H2. The smallest absolute Gasteiger partial charge is 0.243 e. The Morgan fingerprint density at radius 3 is 2.85 bits per heavy atom. The third-order valence-electron chi connectivity index (χ3n) is 3.68. The van der Waals surface area contributed by atoms with E-state index in [0.29, 0.717) is 25.9 Å². The molecule has 0 radical (unpaired) electrons. The van der Waals surface area contributed by atoms with Gasteiger partial charge in [-0.15, -0.1) is 0 Å². The topological polar surface area (TPSA) is 83.6 Å². The number of benzene rings is 1. The van der Waals surface area contributed by atoms with Gasteiger partial charge in [0.2, 0.25) is 10.0 Å². The van der Waals surface area contributed by atoms with Crippen LogP contribution in [-0.2, 0) is 16.6 Å². The van der Waals surface area contributed by atoms with Crippen molar-refractivity contribution >= 4 is 10.0 Å². The molecule has 0 aliphatic carbocycles. The van der Waals surface area contributed by atoms with Crippen LogP contribution >= 0.6 is 0 Å². The Kier molecular flexibility index (Phi) is 4.74. The van der Waals surface area contributed by atoms with Gasteiger partial charge in [0.15, 0.2) is 0 Å². The lowest BCUT2D eigenvalue weighted by molar-refractivity contribution is 0.259. The van der Waals surface area contributed by atoms with Crippen molar-refractivity contribution in [1.82, 2.24) is 4.31 Å². The molecule has 0 spiro atoms. The summed E-state index contributed by atoms with van der Waals surface area (Å²) < 4.78 is 40.1. The number of nitrogens with two attached hydrogens (primary N) is 1. The van der Waals surface area contributed by atoms with Crippen LogP contribution < -0.4 is 5.73 Å². The van der Waals surface area contributed by atoms with Crippen LogP contribution in [0.1, 0.15) is 18.4 Å². The third kappa shape index (κ3) is 2.85. The fraction of sp³-hybridized carbons (Fsp3) is 0.538. The minimum Gasteiger partial charge on any atom is -0.396 e. The molecular formula is C13H19FN2O3S. The van der Waals surface area contributed by atoms with E-state index in [2.05, 4.69) is 0 Å². The molecule has 0 aromatic heterocycles. The Bertz CT molecular complexity index is 577. The highest BCUT2D eigenvalue weighted by Crippen LogP contribution is 2.28. The lowest BCUT2D eigenvalue weighted by Crippen LogP contribution is -2.30. The SMILES string of the molecule is NCc1c(F)cccc1S(=O)(=O)N1CCC(CCO)C1. The maximum absolute atomic E-state index is 13.7. The molecule has 0 bridgehead atoms. The highest BCUT2D eigenvalue weighted by molar-refractivity contribution is 7.89. The number of aliphatic hydroxyl groups excluding tert-OH is 1. The van der Waals surface area contributed by atoms with E-state index in [4.69, 9.17) is 10.8 Å². The Morgan fingerprint density at radius 1 is 1.45 bits per heavy atom. The normalized spacial score (nSPS) is 20.4. The predicted molar refractivity (Wildman–Crippen MR) is 72.9 cm³/mol. The molecule has 1 aliphatic heterocycles. The Morgan fingerprint density at radius 2 is 2.20 bits per heavy atom. The average Bonchev–Trinajstić information content (AvgIpc) is 2.88. The molecule has 20 heavy (non-hydrogen) atoms. The fourth-order valence-electron chi connectivity index (χ4n) is 2.55. The van der Waals surface area contributed by atoms with E-state index in [9.17, 15) is 12.8 Å². The summed E-state index contributed by atoms with van der Waals surface area (Å²) in [5.41, 5.74) is 5.49. The van der Waals surface area contributed by atoms with Crippen LogP contribution in [0.2, 0.25) is 0 Å². The first-order valence-corrected chi connectivity index (χ1v) is 8.03. The van der Waals surface area contributed by atoms with E-state index in [1.54, 1.807) is 0 Å². The Hall–Kier alpha value is -1.02. The molecule has 0 saturated carbocycles. The van der Waals surface area contributed by atoms with Gasteiger partial charge in [-0.1, -0.05) is 6.07 Å². The van der Waals surface area contributed by atoms with Gasteiger partial charge in [0.1, 0.15) is 5.82 Å². The number of nitrogens with zero attached hydrogens (tertiary/aromatic N) is 1. The highest BCUT2D eigenvalue weighted by atomic mass is 32.2. The number of sulfonamides is 1. The molecule has 1 fully saturated rings. The summed E-state index contributed by atoms with van der Waals surface area (Å²) in [4.78, 5) is -0.0513. The number of rotatable bonds is 5. The zero-order valence-corrected chi connectivity index (χ0v) is 11.9. The van der Waals surface area contributed by atoms with Gasteiger partial charge in [0.25, 0.3) is 0 Å². The van der Waals surface area contributed by atoms with Crippen LogP contribution in [0.5, 0.6) is 0 Å². The molecule has 3 N–H and O–H groups in total. The van der Waals surface area contributed by atoms with E-state index in [0.717, 1.165) is 0 Å². The highest BCUT2D eigenvalue weighted by Gasteiger charge is 2.33. The number of aliphatic hydroxyl groups is 1. The average molecular weight is 302 g/mol. The van der Waals surface area contributed by atoms with Gasteiger partial charge < -0.3 is 10.8 Å². The lowest BCUT2D eigenvalue weighted by Gasteiger charge is -2.18. The van der Waals surface area contributed by atoms with Crippen LogP contribution in [0.25, 0.3) is 0 Å². The Balaban J connectivity index is 2.30. The van der Waals surface area contributed by atoms with E-state index in [1.807, 2.05) is 0 Å². The van der Waals surface area contributed by atoms with Crippen molar-refractivity contribution in [2.75, 3.05) is 19.7 Å². The second-order valence-electron chi connectivity index (χ2n) is 4.95. The number of halogens is 1. The van der Waals surface area contributed by atoms with Crippen LogP contribution in [-0.4, -0.2) is 37.5 Å². The van der Waals surface area contributed by atoms with Crippen LogP contribution in [0, 0.1) is 11.7 Å². The van der Waals surface area contributed by atoms with Crippen molar-refractivity contribution in [1.29, 1.82) is 0 Å². The van der Waals surface area contributed by atoms with E-state index in [-0.39, 0.29) is 29.5 Å². The molecule has 0 amide bonds. The lowest BCUT2D eigenvalue weighted by atomic mass is 10.1.